The van der Waals surface area contributed by atoms with Crippen molar-refractivity contribution in [3.63, 3.8) is 0 Å². The summed E-state index contributed by atoms with van der Waals surface area (Å²) in [6, 6.07) is 0.464. The van der Waals surface area contributed by atoms with Crippen molar-refractivity contribution in [1.29, 1.82) is 0 Å². The standard InChI is InChI=1S/C13H23NO4.C5H12N2.Pt/c1-9(13(3,11(15)16)12(17)18)10(2)14-7-5-4-6-8-14;6-4-2-1-3-5(4)7;/h9-10H,4-8H2,1-3H3,(H,15,16)(H,17,18);4-5H,1-3,6-7H2;/q;;+2/p-2. The van der Waals surface area contributed by atoms with E-state index in [-0.39, 0.29) is 27.1 Å². The van der Waals surface area contributed by atoms with Gasteiger partial charge >= 0.3 is 21.1 Å². The molecule has 7 nitrogen and oxygen atoms in total. The first kappa shape index (κ1) is 25.5. The number of aliphatic carboxylic acids is 2. The maximum atomic E-state index is 11.1. The molecule has 1 aliphatic carbocycles. The van der Waals surface area contributed by atoms with Crippen molar-refractivity contribution in [3.8, 4) is 0 Å². The van der Waals surface area contributed by atoms with Gasteiger partial charge in [0.2, 0.25) is 0 Å². The van der Waals surface area contributed by atoms with Crippen LogP contribution < -0.4 is 21.7 Å². The first-order chi connectivity index (χ1) is 11.6. The molecule has 1 aliphatic heterocycles. The Balaban J connectivity index is 0.000000655. The number of likely N-dealkylation sites (tertiary alicyclic amines) is 1. The van der Waals surface area contributed by atoms with Crippen molar-refractivity contribution in [2.75, 3.05) is 13.1 Å². The second kappa shape index (κ2) is 11.4. The van der Waals surface area contributed by atoms with Crippen LogP contribution in [0.2, 0.25) is 0 Å². The van der Waals surface area contributed by atoms with Crippen molar-refractivity contribution in [2.45, 2.75) is 77.4 Å². The molecule has 0 aromatic heterocycles. The van der Waals surface area contributed by atoms with Crippen LogP contribution in [-0.2, 0) is 30.7 Å². The van der Waals surface area contributed by atoms with Crippen molar-refractivity contribution in [1.82, 2.24) is 4.90 Å². The first-order valence-corrected chi connectivity index (χ1v) is 9.30. The van der Waals surface area contributed by atoms with Crippen molar-refractivity contribution in [3.05, 3.63) is 0 Å². The van der Waals surface area contributed by atoms with Crippen molar-refractivity contribution < 1.29 is 40.9 Å². The number of hydrogen-bond donors (Lipinski definition) is 2. The van der Waals surface area contributed by atoms with Gasteiger partial charge in [0, 0.05) is 18.1 Å². The number of carbonyl (C=O) groups excluding carboxylic acids is 2. The van der Waals surface area contributed by atoms with E-state index in [2.05, 4.69) is 4.90 Å². The molecule has 1 heterocycles. The molecule has 26 heavy (non-hydrogen) atoms. The summed E-state index contributed by atoms with van der Waals surface area (Å²) in [5.74, 6) is -3.71. The third kappa shape index (κ3) is 6.29. The van der Waals surface area contributed by atoms with Crippen molar-refractivity contribution >= 4 is 11.9 Å². The van der Waals surface area contributed by atoms with E-state index in [9.17, 15) is 19.8 Å². The van der Waals surface area contributed by atoms with Gasteiger partial charge in [0.25, 0.3) is 0 Å². The zero-order valence-electron chi connectivity index (χ0n) is 16.0. The van der Waals surface area contributed by atoms with E-state index in [4.69, 9.17) is 11.5 Å². The van der Waals surface area contributed by atoms with Crippen LogP contribution in [-0.4, -0.2) is 48.1 Å². The molecule has 2 rings (SSSR count). The molecule has 154 valence electrons. The van der Waals surface area contributed by atoms with Crippen molar-refractivity contribution in [2.24, 2.45) is 22.8 Å². The van der Waals surface area contributed by atoms with Gasteiger partial charge in [-0.15, -0.1) is 0 Å². The predicted octanol–water partition coefficient (Wildman–Crippen LogP) is -1.17. The zero-order valence-corrected chi connectivity index (χ0v) is 18.3. The molecule has 2 aliphatic rings. The largest absolute Gasteiger partial charge is 2.00 e. The fourth-order valence-electron chi connectivity index (χ4n) is 3.60. The van der Waals surface area contributed by atoms with E-state index in [1.54, 1.807) is 6.92 Å². The molecule has 1 saturated heterocycles. The van der Waals surface area contributed by atoms with E-state index in [0.29, 0.717) is 12.1 Å². The third-order valence-electron chi connectivity index (χ3n) is 6.07. The van der Waals surface area contributed by atoms with Crippen LogP contribution >= 0.6 is 0 Å². The minimum absolute atomic E-state index is 0. The van der Waals surface area contributed by atoms with Gasteiger partial charge < -0.3 is 36.2 Å². The van der Waals surface area contributed by atoms with Gasteiger partial charge in [-0.25, -0.2) is 0 Å². The summed E-state index contributed by atoms with van der Waals surface area (Å²) in [7, 11) is 0. The second-order valence-electron chi connectivity index (χ2n) is 7.66. The average Bonchev–Trinajstić information content (AvgIpc) is 2.96. The summed E-state index contributed by atoms with van der Waals surface area (Å²) in [4.78, 5) is 24.4. The number of carbonyl (C=O) groups is 2. The monoisotopic (exact) mass is 550 g/mol. The van der Waals surface area contributed by atoms with Crippen LogP contribution in [0.4, 0.5) is 0 Å². The Bertz CT molecular complexity index is 436. The van der Waals surface area contributed by atoms with Crippen LogP contribution in [0.5, 0.6) is 0 Å². The maximum Gasteiger partial charge on any atom is 2.00 e. The number of piperidine rings is 1. The summed E-state index contributed by atoms with van der Waals surface area (Å²) in [6.07, 6.45) is 6.80. The van der Waals surface area contributed by atoms with Gasteiger partial charge in [-0.1, -0.05) is 19.8 Å². The molecule has 0 aromatic rings. The van der Waals surface area contributed by atoms with Gasteiger partial charge in [0.15, 0.2) is 0 Å². The Morgan fingerprint density at radius 2 is 1.38 bits per heavy atom. The average molecular weight is 551 g/mol. The molecule has 8 heteroatoms. The molecule has 0 spiro atoms. The van der Waals surface area contributed by atoms with Crippen LogP contribution in [0.15, 0.2) is 0 Å². The van der Waals surface area contributed by atoms with Crippen LogP contribution in [0.1, 0.15) is 59.3 Å². The summed E-state index contributed by atoms with van der Waals surface area (Å²) in [6.45, 7) is 6.48. The number of carboxylic acids is 2. The van der Waals surface area contributed by atoms with E-state index in [0.717, 1.165) is 38.8 Å². The predicted molar refractivity (Wildman–Crippen MR) is 92.0 cm³/mol. The number of hydrogen-bond acceptors (Lipinski definition) is 7. The van der Waals surface area contributed by atoms with Gasteiger partial charge in [-0.3, -0.25) is 0 Å². The van der Waals surface area contributed by atoms with E-state index >= 15 is 0 Å². The fourth-order valence-corrected chi connectivity index (χ4v) is 3.60. The Kier molecular flexibility index (Phi) is 11.2. The number of nitrogens with two attached hydrogens (primary N) is 2. The molecule has 4 atom stereocenters. The molecule has 0 amide bonds. The topological polar surface area (TPSA) is 136 Å². The Hall–Kier alpha value is -0.492. The second-order valence-corrected chi connectivity index (χ2v) is 7.66. The summed E-state index contributed by atoms with van der Waals surface area (Å²) in [5.41, 5.74) is 9.16. The summed E-state index contributed by atoms with van der Waals surface area (Å²) >= 11 is 0. The number of carboxylic acid groups (broad SMARTS) is 2. The SMILES string of the molecule is CC(C(C)C(C)(C(=O)[O-])C(=O)[O-])N1CCCCC1.NC1CCCC1N.[Pt+2]. The molecule has 4 unspecified atom stereocenters. The van der Waals surface area contributed by atoms with E-state index in [1.165, 1.54) is 19.8 Å². The summed E-state index contributed by atoms with van der Waals surface area (Å²) < 4.78 is 0. The molecule has 0 bridgehead atoms. The van der Waals surface area contributed by atoms with Crippen LogP contribution in [0.25, 0.3) is 0 Å². The minimum atomic E-state index is -1.95. The third-order valence-corrected chi connectivity index (χ3v) is 6.07. The minimum Gasteiger partial charge on any atom is -0.549 e. The molecule has 0 radical (unpaired) electrons. The smallest absolute Gasteiger partial charge is 0.549 e. The fraction of sp³-hybridized carbons (Fsp3) is 0.889. The Morgan fingerprint density at radius 3 is 1.69 bits per heavy atom. The quantitative estimate of drug-likeness (QED) is 0.412. The Labute approximate surface area is 171 Å². The van der Waals surface area contributed by atoms with Gasteiger partial charge in [-0.05, 0) is 58.5 Å². The first-order valence-electron chi connectivity index (χ1n) is 9.30. The van der Waals surface area contributed by atoms with Gasteiger partial charge in [0.05, 0.1) is 17.4 Å². The molecule has 4 N–H and O–H groups in total. The zero-order chi connectivity index (χ0) is 19.2. The van der Waals surface area contributed by atoms with E-state index < -0.39 is 23.3 Å². The maximum absolute atomic E-state index is 11.1. The number of rotatable bonds is 5. The van der Waals surface area contributed by atoms with Crippen LogP contribution in [0.3, 0.4) is 0 Å². The Morgan fingerprint density at radius 1 is 0.962 bits per heavy atom. The molecule has 2 fully saturated rings. The molecule has 0 aromatic carbocycles. The molecular weight excluding hydrogens is 517 g/mol. The normalized spacial score (nSPS) is 26.0. The van der Waals surface area contributed by atoms with Crippen LogP contribution in [0, 0.1) is 11.3 Å². The van der Waals surface area contributed by atoms with Gasteiger partial charge in [0.1, 0.15) is 0 Å². The van der Waals surface area contributed by atoms with E-state index in [1.807, 2.05) is 6.92 Å². The molecular formula is C18H33N3O4Pt. The molecule has 1 saturated carbocycles. The number of nitrogens with zero attached hydrogens (tertiary/aromatic N) is 1. The van der Waals surface area contributed by atoms with Gasteiger partial charge in [-0.2, -0.15) is 0 Å². The summed E-state index contributed by atoms with van der Waals surface area (Å²) in [5, 5.41) is 22.3.